The van der Waals surface area contributed by atoms with Crippen LogP contribution in [0.15, 0.2) is 18.5 Å². The van der Waals surface area contributed by atoms with Crippen LogP contribution < -0.4 is 5.32 Å². The lowest BCUT2D eigenvalue weighted by atomic mass is 10.0. The van der Waals surface area contributed by atoms with E-state index in [4.69, 9.17) is 0 Å². The maximum atomic E-state index is 11.9. The minimum atomic E-state index is -0.469. The van der Waals surface area contributed by atoms with Gasteiger partial charge in [0.25, 0.3) is 0 Å². The summed E-state index contributed by atoms with van der Waals surface area (Å²) in [7, 11) is 0. The maximum absolute atomic E-state index is 11.9. The van der Waals surface area contributed by atoms with Crippen LogP contribution in [0.2, 0.25) is 0 Å². The minimum absolute atomic E-state index is 0.0230. The second kappa shape index (κ2) is 7.34. The van der Waals surface area contributed by atoms with Crippen LogP contribution in [0.4, 0.5) is 0 Å². The molecule has 0 saturated heterocycles. The Bertz CT molecular complexity index is 395. The summed E-state index contributed by atoms with van der Waals surface area (Å²) < 4.78 is 1.82. The van der Waals surface area contributed by atoms with Gasteiger partial charge in [-0.05, 0) is 30.4 Å². The SMILES string of the molecule is CCC(CC)NC(=O)Cn1ccc(C(O)C(C)C)c1. The van der Waals surface area contributed by atoms with Gasteiger partial charge in [-0.3, -0.25) is 4.79 Å². The standard InChI is InChI=1S/C15H26N2O2/c1-5-13(6-2)16-14(18)10-17-8-7-12(9-17)15(19)11(3)4/h7-9,11,13,15,19H,5-6,10H2,1-4H3,(H,16,18). The monoisotopic (exact) mass is 266 g/mol. The molecule has 1 atom stereocenters. The summed E-state index contributed by atoms with van der Waals surface area (Å²) in [5, 5.41) is 13.0. The second-order valence-electron chi connectivity index (χ2n) is 5.39. The molecule has 2 N–H and O–H groups in total. The molecule has 0 aliphatic rings. The molecule has 4 nitrogen and oxygen atoms in total. The summed E-state index contributed by atoms with van der Waals surface area (Å²) in [6.07, 6.45) is 5.12. The topological polar surface area (TPSA) is 54.3 Å². The van der Waals surface area contributed by atoms with E-state index in [2.05, 4.69) is 19.2 Å². The van der Waals surface area contributed by atoms with Gasteiger partial charge in [-0.2, -0.15) is 0 Å². The highest BCUT2D eigenvalue weighted by atomic mass is 16.3. The maximum Gasteiger partial charge on any atom is 0.240 e. The van der Waals surface area contributed by atoms with Crippen LogP contribution in [0.3, 0.4) is 0 Å². The smallest absolute Gasteiger partial charge is 0.240 e. The fourth-order valence-electron chi connectivity index (χ4n) is 2.05. The molecular formula is C15H26N2O2. The summed E-state index contributed by atoms with van der Waals surface area (Å²) in [4.78, 5) is 11.9. The Balaban J connectivity index is 2.56. The van der Waals surface area contributed by atoms with E-state index >= 15 is 0 Å². The summed E-state index contributed by atoms with van der Waals surface area (Å²) in [6.45, 7) is 8.40. The van der Waals surface area contributed by atoms with E-state index in [0.717, 1.165) is 18.4 Å². The lowest BCUT2D eigenvalue weighted by Gasteiger charge is -2.15. The average molecular weight is 266 g/mol. The third kappa shape index (κ3) is 4.71. The van der Waals surface area contributed by atoms with Crippen molar-refractivity contribution in [2.45, 2.75) is 59.2 Å². The highest BCUT2D eigenvalue weighted by molar-refractivity contribution is 5.76. The van der Waals surface area contributed by atoms with Gasteiger partial charge in [-0.15, -0.1) is 0 Å². The molecule has 19 heavy (non-hydrogen) atoms. The molecule has 0 saturated carbocycles. The van der Waals surface area contributed by atoms with Crippen LogP contribution in [0.25, 0.3) is 0 Å². The van der Waals surface area contributed by atoms with Gasteiger partial charge in [0.15, 0.2) is 0 Å². The first-order valence-corrected chi connectivity index (χ1v) is 7.11. The number of aromatic nitrogens is 1. The van der Waals surface area contributed by atoms with Crippen LogP contribution >= 0.6 is 0 Å². The van der Waals surface area contributed by atoms with Gasteiger partial charge in [-0.1, -0.05) is 27.7 Å². The molecular weight excluding hydrogens is 240 g/mol. The van der Waals surface area contributed by atoms with Crippen molar-refractivity contribution in [2.75, 3.05) is 0 Å². The van der Waals surface area contributed by atoms with Gasteiger partial charge < -0.3 is 15.0 Å². The van der Waals surface area contributed by atoms with Crippen molar-refractivity contribution in [3.05, 3.63) is 24.0 Å². The number of amides is 1. The molecule has 0 aliphatic heterocycles. The predicted octanol–water partition coefficient (Wildman–Crippen LogP) is 2.48. The number of nitrogens with zero attached hydrogens (tertiary/aromatic N) is 1. The van der Waals surface area contributed by atoms with Crippen LogP contribution in [0.5, 0.6) is 0 Å². The molecule has 1 aromatic heterocycles. The van der Waals surface area contributed by atoms with E-state index in [1.807, 2.05) is 36.9 Å². The molecule has 0 radical (unpaired) electrons. The molecule has 0 spiro atoms. The lowest BCUT2D eigenvalue weighted by Crippen LogP contribution is -2.35. The molecule has 0 aliphatic carbocycles. The van der Waals surface area contributed by atoms with Crippen LogP contribution in [-0.4, -0.2) is 21.6 Å². The number of aliphatic hydroxyl groups excluding tert-OH is 1. The highest BCUT2D eigenvalue weighted by Gasteiger charge is 2.14. The molecule has 0 fully saturated rings. The van der Waals surface area contributed by atoms with E-state index in [1.54, 1.807) is 0 Å². The molecule has 1 unspecified atom stereocenters. The lowest BCUT2D eigenvalue weighted by molar-refractivity contribution is -0.122. The van der Waals surface area contributed by atoms with Crippen molar-refractivity contribution < 1.29 is 9.90 Å². The molecule has 1 heterocycles. The normalized spacial score (nSPS) is 13.0. The summed E-state index contributed by atoms with van der Waals surface area (Å²) in [6, 6.07) is 2.12. The van der Waals surface area contributed by atoms with Crippen LogP contribution in [0.1, 0.15) is 52.2 Å². The molecule has 1 amide bonds. The Morgan fingerprint density at radius 1 is 1.37 bits per heavy atom. The Kier molecular flexibility index (Phi) is 6.09. The first-order valence-electron chi connectivity index (χ1n) is 7.11. The third-order valence-corrected chi connectivity index (χ3v) is 3.42. The zero-order chi connectivity index (χ0) is 14.4. The molecule has 0 bridgehead atoms. The van der Waals surface area contributed by atoms with Gasteiger partial charge in [-0.25, -0.2) is 0 Å². The number of carbonyl (C=O) groups is 1. The van der Waals surface area contributed by atoms with Gasteiger partial charge in [0.05, 0.1) is 6.10 Å². The van der Waals surface area contributed by atoms with E-state index in [9.17, 15) is 9.90 Å². The molecule has 1 aromatic rings. The van der Waals surface area contributed by atoms with Crippen LogP contribution in [0, 0.1) is 5.92 Å². The zero-order valence-corrected chi connectivity index (χ0v) is 12.4. The first kappa shape index (κ1) is 15.8. The van der Waals surface area contributed by atoms with Crippen LogP contribution in [-0.2, 0) is 11.3 Å². The Labute approximate surface area is 115 Å². The number of hydrogen-bond donors (Lipinski definition) is 2. The fraction of sp³-hybridized carbons (Fsp3) is 0.667. The van der Waals surface area contributed by atoms with Gasteiger partial charge in [0, 0.05) is 18.4 Å². The highest BCUT2D eigenvalue weighted by Crippen LogP contribution is 2.21. The molecule has 108 valence electrons. The number of rotatable bonds is 7. The fourth-order valence-corrected chi connectivity index (χ4v) is 2.05. The average Bonchev–Trinajstić information content (AvgIpc) is 2.83. The second-order valence-corrected chi connectivity index (χ2v) is 5.39. The van der Waals surface area contributed by atoms with Gasteiger partial charge in [0.1, 0.15) is 6.54 Å². The van der Waals surface area contributed by atoms with E-state index in [0.29, 0.717) is 6.54 Å². The minimum Gasteiger partial charge on any atom is -0.388 e. The van der Waals surface area contributed by atoms with Crippen molar-refractivity contribution in [1.29, 1.82) is 0 Å². The van der Waals surface area contributed by atoms with E-state index < -0.39 is 6.10 Å². The molecule has 4 heteroatoms. The summed E-state index contributed by atoms with van der Waals surface area (Å²) in [5.74, 6) is 0.198. The predicted molar refractivity (Wildman–Crippen MR) is 76.7 cm³/mol. The van der Waals surface area contributed by atoms with Crippen molar-refractivity contribution in [2.24, 2.45) is 5.92 Å². The Morgan fingerprint density at radius 2 is 2.00 bits per heavy atom. The van der Waals surface area contributed by atoms with Crippen molar-refractivity contribution >= 4 is 5.91 Å². The largest absolute Gasteiger partial charge is 0.388 e. The van der Waals surface area contributed by atoms with Crippen molar-refractivity contribution in [3.8, 4) is 0 Å². The van der Waals surface area contributed by atoms with Crippen molar-refractivity contribution in [3.63, 3.8) is 0 Å². The molecule has 1 rings (SSSR count). The molecule has 0 aromatic carbocycles. The summed E-state index contributed by atoms with van der Waals surface area (Å²) in [5.41, 5.74) is 0.866. The van der Waals surface area contributed by atoms with Gasteiger partial charge >= 0.3 is 0 Å². The third-order valence-electron chi connectivity index (χ3n) is 3.42. The number of nitrogens with one attached hydrogen (secondary N) is 1. The quantitative estimate of drug-likeness (QED) is 0.796. The van der Waals surface area contributed by atoms with Gasteiger partial charge in [0.2, 0.25) is 5.91 Å². The number of aliphatic hydroxyl groups is 1. The van der Waals surface area contributed by atoms with E-state index in [-0.39, 0.29) is 17.9 Å². The first-order chi connectivity index (χ1) is 8.97. The summed E-state index contributed by atoms with van der Waals surface area (Å²) >= 11 is 0. The number of hydrogen-bond acceptors (Lipinski definition) is 2. The Hall–Kier alpha value is -1.29. The zero-order valence-electron chi connectivity index (χ0n) is 12.4. The number of carbonyl (C=O) groups excluding carboxylic acids is 1. The Morgan fingerprint density at radius 3 is 2.53 bits per heavy atom. The van der Waals surface area contributed by atoms with Crippen molar-refractivity contribution in [1.82, 2.24) is 9.88 Å². The van der Waals surface area contributed by atoms with E-state index in [1.165, 1.54) is 0 Å².